The van der Waals surface area contributed by atoms with Gasteiger partial charge in [-0.2, -0.15) is 0 Å². The summed E-state index contributed by atoms with van der Waals surface area (Å²) < 4.78 is 10.8. The van der Waals surface area contributed by atoms with E-state index in [2.05, 4.69) is 5.32 Å². The summed E-state index contributed by atoms with van der Waals surface area (Å²) in [5.74, 6) is 0.326. The second kappa shape index (κ2) is 5.73. The van der Waals surface area contributed by atoms with E-state index >= 15 is 0 Å². The van der Waals surface area contributed by atoms with Crippen LogP contribution in [0.4, 0.5) is 5.69 Å². The lowest BCUT2D eigenvalue weighted by atomic mass is 10.1. The fourth-order valence-corrected chi connectivity index (χ4v) is 2.53. The molecule has 3 rings (SSSR count). The maximum atomic E-state index is 12.2. The lowest BCUT2D eigenvalue weighted by Crippen LogP contribution is -2.36. The smallest absolute Gasteiger partial charge is 0.264 e. The molecule has 6 nitrogen and oxygen atoms in total. The maximum Gasteiger partial charge on any atom is 0.264 e. The first-order valence-corrected chi connectivity index (χ1v) is 7.08. The lowest BCUT2D eigenvalue weighted by molar-refractivity contribution is -0.120. The molecule has 0 radical (unpaired) electrons. The standard InChI is InChI=1S/C15H18N2O4/c1-17-12-7-10(4-5-13(12)21-9-14(17)18)15(19)16-8-11-3-2-6-20-11/h4-5,7,11H,2-3,6,8-9H2,1H3,(H,16,19). The van der Waals surface area contributed by atoms with Crippen LogP contribution in [0.5, 0.6) is 5.75 Å². The van der Waals surface area contributed by atoms with E-state index in [-0.39, 0.29) is 24.5 Å². The maximum absolute atomic E-state index is 12.2. The molecule has 2 amide bonds. The van der Waals surface area contributed by atoms with Crippen LogP contribution < -0.4 is 15.0 Å². The number of hydrogen-bond acceptors (Lipinski definition) is 4. The Morgan fingerprint density at radius 3 is 3.10 bits per heavy atom. The van der Waals surface area contributed by atoms with E-state index in [1.807, 2.05) is 0 Å². The molecule has 1 N–H and O–H groups in total. The van der Waals surface area contributed by atoms with E-state index in [4.69, 9.17) is 9.47 Å². The number of nitrogens with zero attached hydrogens (tertiary/aromatic N) is 1. The third-order valence-corrected chi connectivity index (χ3v) is 3.82. The molecule has 1 aromatic rings. The number of likely N-dealkylation sites (N-methyl/N-ethyl adjacent to an activating group) is 1. The first kappa shape index (κ1) is 13.9. The van der Waals surface area contributed by atoms with Crippen LogP contribution in [-0.4, -0.2) is 44.7 Å². The highest BCUT2D eigenvalue weighted by Gasteiger charge is 2.23. The Balaban J connectivity index is 1.70. The highest BCUT2D eigenvalue weighted by atomic mass is 16.5. The highest BCUT2D eigenvalue weighted by Crippen LogP contribution is 2.31. The molecular formula is C15H18N2O4. The van der Waals surface area contributed by atoms with Crippen LogP contribution in [0.2, 0.25) is 0 Å². The summed E-state index contributed by atoms with van der Waals surface area (Å²) >= 11 is 0. The van der Waals surface area contributed by atoms with Crippen molar-refractivity contribution in [3.63, 3.8) is 0 Å². The van der Waals surface area contributed by atoms with E-state index in [9.17, 15) is 9.59 Å². The van der Waals surface area contributed by atoms with Gasteiger partial charge in [-0.05, 0) is 31.0 Å². The van der Waals surface area contributed by atoms with Gasteiger partial charge in [0.2, 0.25) is 0 Å². The fourth-order valence-electron chi connectivity index (χ4n) is 2.53. The topological polar surface area (TPSA) is 67.9 Å². The Morgan fingerprint density at radius 2 is 2.33 bits per heavy atom. The molecule has 0 saturated carbocycles. The molecule has 1 aromatic carbocycles. The van der Waals surface area contributed by atoms with Gasteiger partial charge in [0, 0.05) is 25.8 Å². The predicted octanol–water partition coefficient (Wildman–Crippen LogP) is 0.951. The van der Waals surface area contributed by atoms with Gasteiger partial charge in [-0.25, -0.2) is 0 Å². The molecule has 2 heterocycles. The summed E-state index contributed by atoms with van der Waals surface area (Å²) in [6.45, 7) is 1.32. The van der Waals surface area contributed by atoms with Crippen LogP contribution in [0.15, 0.2) is 18.2 Å². The van der Waals surface area contributed by atoms with Gasteiger partial charge in [-0.3, -0.25) is 9.59 Å². The first-order valence-electron chi connectivity index (χ1n) is 7.08. The summed E-state index contributed by atoms with van der Waals surface area (Å²) in [4.78, 5) is 25.3. The predicted molar refractivity (Wildman–Crippen MR) is 76.7 cm³/mol. The largest absolute Gasteiger partial charge is 0.482 e. The molecule has 0 spiro atoms. The van der Waals surface area contributed by atoms with Gasteiger partial charge in [0.25, 0.3) is 11.8 Å². The zero-order chi connectivity index (χ0) is 14.8. The van der Waals surface area contributed by atoms with Crippen molar-refractivity contribution in [3.8, 4) is 5.75 Å². The van der Waals surface area contributed by atoms with Crippen LogP contribution in [0, 0.1) is 0 Å². The van der Waals surface area contributed by atoms with Crippen LogP contribution in [0.3, 0.4) is 0 Å². The van der Waals surface area contributed by atoms with E-state index in [0.717, 1.165) is 19.4 Å². The van der Waals surface area contributed by atoms with Crippen molar-refractivity contribution >= 4 is 17.5 Å². The summed E-state index contributed by atoms with van der Waals surface area (Å²) in [5.41, 5.74) is 1.13. The Kier molecular flexibility index (Phi) is 3.79. The molecule has 0 aliphatic carbocycles. The van der Waals surface area contributed by atoms with Crippen LogP contribution >= 0.6 is 0 Å². The number of ether oxygens (including phenoxy) is 2. The summed E-state index contributed by atoms with van der Waals surface area (Å²) in [6.07, 6.45) is 2.14. The monoisotopic (exact) mass is 290 g/mol. The number of rotatable bonds is 3. The van der Waals surface area contributed by atoms with E-state index in [0.29, 0.717) is 23.5 Å². The molecule has 0 aromatic heterocycles. The van der Waals surface area contributed by atoms with Crippen molar-refractivity contribution in [1.29, 1.82) is 0 Å². The van der Waals surface area contributed by atoms with Gasteiger partial charge in [0.15, 0.2) is 6.61 Å². The quantitative estimate of drug-likeness (QED) is 0.900. The molecule has 6 heteroatoms. The van der Waals surface area contributed by atoms with E-state index in [1.54, 1.807) is 25.2 Å². The number of benzene rings is 1. The average molecular weight is 290 g/mol. The van der Waals surface area contributed by atoms with Crippen molar-refractivity contribution in [2.24, 2.45) is 0 Å². The number of carbonyl (C=O) groups excluding carboxylic acids is 2. The van der Waals surface area contributed by atoms with Gasteiger partial charge in [-0.15, -0.1) is 0 Å². The van der Waals surface area contributed by atoms with Crippen LogP contribution in [0.1, 0.15) is 23.2 Å². The number of hydrogen-bond donors (Lipinski definition) is 1. The minimum atomic E-state index is -0.167. The van der Waals surface area contributed by atoms with Crippen molar-refractivity contribution < 1.29 is 19.1 Å². The van der Waals surface area contributed by atoms with Gasteiger partial charge in [0.1, 0.15) is 5.75 Å². The lowest BCUT2D eigenvalue weighted by Gasteiger charge is -2.26. The van der Waals surface area contributed by atoms with E-state index < -0.39 is 0 Å². The second-order valence-electron chi connectivity index (χ2n) is 5.27. The van der Waals surface area contributed by atoms with E-state index in [1.165, 1.54) is 4.90 Å². The van der Waals surface area contributed by atoms with Crippen LogP contribution in [-0.2, 0) is 9.53 Å². The SMILES string of the molecule is CN1C(=O)COc2ccc(C(=O)NCC3CCCO3)cc21. The molecule has 112 valence electrons. The molecule has 0 bridgehead atoms. The van der Waals surface area contributed by atoms with Crippen molar-refractivity contribution in [2.75, 3.05) is 31.7 Å². The molecule has 1 fully saturated rings. The minimum Gasteiger partial charge on any atom is -0.482 e. The summed E-state index contributed by atoms with van der Waals surface area (Å²) in [5, 5.41) is 2.87. The number of amides is 2. The Bertz CT molecular complexity index is 567. The van der Waals surface area contributed by atoms with Gasteiger partial charge in [0.05, 0.1) is 11.8 Å². The fraction of sp³-hybridized carbons (Fsp3) is 0.467. The zero-order valence-electron chi connectivity index (χ0n) is 11.9. The Hall–Kier alpha value is -2.08. The van der Waals surface area contributed by atoms with Gasteiger partial charge < -0.3 is 19.7 Å². The first-order chi connectivity index (χ1) is 10.1. The number of fused-ring (bicyclic) bond motifs is 1. The summed E-state index contributed by atoms with van der Waals surface area (Å²) in [6, 6.07) is 5.10. The third kappa shape index (κ3) is 2.85. The van der Waals surface area contributed by atoms with Gasteiger partial charge >= 0.3 is 0 Å². The van der Waals surface area contributed by atoms with Crippen molar-refractivity contribution in [2.45, 2.75) is 18.9 Å². The highest BCUT2D eigenvalue weighted by molar-refractivity contribution is 6.00. The van der Waals surface area contributed by atoms with Gasteiger partial charge in [-0.1, -0.05) is 0 Å². The zero-order valence-corrected chi connectivity index (χ0v) is 11.9. The molecule has 1 atom stereocenters. The van der Waals surface area contributed by atoms with Crippen LogP contribution in [0.25, 0.3) is 0 Å². The molecule has 1 unspecified atom stereocenters. The molecule has 2 aliphatic heterocycles. The molecule has 1 saturated heterocycles. The molecule has 21 heavy (non-hydrogen) atoms. The summed E-state index contributed by atoms with van der Waals surface area (Å²) in [7, 11) is 1.68. The number of carbonyl (C=O) groups is 2. The third-order valence-electron chi connectivity index (χ3n) is 3.82. The normalized spacial score (nSPS) is 20.9. The molecular weight excluding hydrogens is 272 g/mol. The molecule has 2 aliphatic rings. The average Bonchev–Trinajstić information content (AvgIpc) is 3.02. The van der Waals surface area contributed by atoms with Crippen molar-refractivity contribution in [1.82, 2.24) is 5.32 Å². The number of nitrogens with one attached hydrogen (secondary N) is 1. The Morgan fingerprint density at radius 1 is 1.48 bits per heavy atom. The minimum absolute atomic E-state index is 0.0358. The Labute approximate surface area is 123 Å². The second-order valence-corrected chi connectivity index (χ2v) is 5.27. The van der Waals surface area contributed by atoms with Crippen molar-refractivity contribution in [3.05, 3.63) is 23.8 Å². The number of anilines is 1.